The molecule has 0 aliphatic rings. The Bertz CT molecular complexity index is 857. The summed E-state index contributed by atoms with van der Waals surface area (Å²) in [5.41, 5.74) is 1.99. The second-order valence-corrected chi connectivity index (χ2v) is 7.17. The van der Waals surface area contributed by atoms with Crippen LogP contribution in [0.25, 0.3) is 0 Å². The molecule has 0 fully saturated rings. The molecule has 2 aromatic rings. The number of unbranched alkanes of at least 4 members (excludes halogenated alkanes) is 3. The van der Waals surface area contributed by atoms with Gasteiger partial charge in [0.1, 0.15) is 0 Å². The lowest BCUT2D eigenvalue weighted by Gasteiger charge is -2.18. The Morgan fingerprint density at radius 2 is 1.47 bits per heavy atom. The molecule has 2 aromatic carbocycles. The van der Waals surface area contributed by atoms with Gasteiger partial charge in [0.05, 0.1) is 5.56 Å². The van der Waals surface area contributed by atoms with E-state index >= 15 is 0 Å². The summed E-state index contributed by atoms with van der Waals surface area (Å²) in [6.07, 6.45) is 3.97. The molecule has 0 saturated heterocycles. The Balaban J connectivity index is 2.37. The Hall–Kier alpha value is -2.95. The van der Waals surface area contributed by atoms with E-state index in [2.05, 4.69) is 6.92 Å². The first-order valence-electron chi connectivity index (χ1n) is 10.8. The molecule has 0 atom stereocenters. The molecule has 5 heteroatoms. The van der Waals surface area contributed by atoms with E-state index in [4.69, 9.17) is 4.74 Å². The molecule has 30 heavy (non-hydrogen) atoms. The van der Waals surface area contributed by atoms with Gasteiger partial charge in [0.2, 0.25) is 0 Å². The summed E-state index contributed by atoms with van der Waals surface area (Å²) in [5, 5.41) is 0. The fourth-order valence-corrected chi connectivity index (χ4v) is 3.41. The molecule has 0 spiro atoms. The maximum atomic E-state index is 13.1. The number of hydrogen-bond acceptors (Lipinski definition) is 4. The SMILES string of the molecule is CCCCCCc1c(C(=O)OC(=O)N(CC)CC)cccc1C(=O)c1ccccc1. The van der Waals surface area contributed by atoms with Gasteiger partial charge in [-0.3, -0.25) is 4.79 Å². The van der Waals surface area contributed by atoms with E-state index in [-0.39, 0.29) is 11.3 Å². The van der Waals surface area contributed by atoms with Crippen LogP contribution in [0.1, 0.15) is 78.3 Å². The van der Waals surface area contributed by atoms with E-state index in [0.717, 1.165) is 25.7 Å². The largest absolute Gasteiger partial charge is 0.417 e. The maximum absolute atomic E-state index is 13.1. The van der Waals surface area contributed by atoms with Crippen LogP contribution in [0.3, 0.4) is 0 Å². The molecule has 0 bridgehead atoms. The highest BCUT2D eigenvalue weighted by Gasteiger charge is 2.23. The predicted octanol–water partition coefficient (Wildman–Crippen LogP) is 5.66. The Morgan fingerprint density at radius 3 is 2.10 bits per heavy atom. The first-order valence-corrected chi connectivity index (χ1v) is 10.8. The van der Waals surface area contributed by atoms with E-state index in [0.29, 0.717) is 36.2 Å². The van der Waals surface area contributed by atoms with Gasteiger partial charge in [-0.1, -0.05) is 68.7 Å². The zero-order valence-electron chi connectivity index (χ0n) is 18.1. The van der Waals surface area contributed by atoms with E-state index in [1.807, 2.05) is 32.0 Å². The third-order valence-corrected chi connectivity index (χ3v) is 5.16. The van der Waals surface area contributed by atoms with Crippen LogP contribution in [0.5, 0.6) is 0 Å². The molecule has 0 aliphatic carbocycles. The van der Waals surface area contributed by atoms with Crippen LogP contribution in [0.4, 0.5) is 4.79 Å². The van der Waals surface area contributed by atoms with Crippen molar-refractivity contribution < 1.29 is 19.1 Å². The van der Waals surface area contributed by atoms with Gasteiger partial charge >= 0.3 is 12.1 Å². The summed E-state index contributed by atoms with van der Waals surface area (Å²) in [6, 6.07) is 14.1. The van der Waals surface area contributed by atoms with Crippen molar-refractivity contribution in [3.05, 3.63) is 70.8 Å². The normalized spacial score (nSPS) is 10.5. The second kappa shape index (κ2) is 11.9. The zero-order chi connectivity index (χ0) is 21.9. The quantitative estimate of drug-likeness (QED) is 0.220. The molecule has 0 heterocycles. The van der Waals surface area contributed by atoms with Crippen molar-refractivity contribution in [3.63, 3.8) is 0 Å². The highest BCUT2D eigenvalue weighted by Crippen LogP contribution is 2.23. The number of carbonyl (C=O) groups is 3. The fourth-order valence-electron chi connectivity index (χ4n) is 3.41. The molecule has 0 N–H and O–H groups in total. The lowest BCUT2D eigenvalue weighted by atomic mass is 9.91. The van der Waals surface area contributed by atoms with E-state index < -0.39 is 12.1 Å². The third kappa shape index (κ3) is 6.02. The number of benzene rings is 2. The Kier molecular flexibility index (Phi) is 9.26. The van der Waals surface area contributed by atoms with Crippen molar-refractivity contribution in [1.82, 2.24) is 4.90 Å². The number of nitrogens with zero attached hydrogens (tertiary/aromatic N) is 1. The van der Waals surface area contributed by atoms with Crippen molar-refractivity contribution in [2.24, 2.45) is 0 Å². The highest BCUT2D eigenvalue weighted by atomic mass is 16.6. The lowest BCUT2D eigenvalue weighted by Crippen LogP contribution is -2.33. The van der Waals surface area contributed by atoms with Crippen LogP contribution >= 0.6 is 0 Å². The van der Waals surface area contributed by atoms with Crippen LogP contribution < -0.4 is 0 Å². The van der Waals surface area contributed by atoms with Crippen LogP contribution in [0.15, 0.2) is 48.5 Å². The first-order chi connectivity index (χ1) is 14.5. The van der Waals surface area contributed by atoms with E-state index in [1.165, 1.54) is 4.90 Å². The Labute approximate surface area is 179 Å². The summed E-state index contributed by atoms with van der Waals surface area (Å²) in [6.45, 7) is 6.70. The summed E-state index contributed by atoms with van der Waals surface area (Å²) in [7, 11) is 0. The van der Waals surface area contributed by atoms with Gasteiger partial charge < -0.3 is 9.64 Å². The van der Waals surface area contributed by atoms with Gasteiger partial charge in [0, 0.05) is 24.2 Å². The molecule has 1 amide bonds. The third-order valence-electron chi connectivity index (χ3n) is 5.16. The number of amides is 1. The monoisotopic (exact) mass is 409 g/mol. The minimum absolute atomic E-state index is 0.134. The van der Waals surface area contributed by atoms with Crippen molar-refractivity contribution in [2.75, 3.05) is 13.1 Å². The number of esters is 1. The van der Waals surface area contributed by atoms with Gasteiger partial charge in [-0.15, -0.1) is 0 Å². The van der Waals surface area contributed by atoms with E-state index in [1.54, 1.807) is 30.3 Å². The average Bonchev–Trinajstić information content (AvgIpc) is 2.77. The minimum Gasteiger partial charge on any atom is -0.372 e. The molecule has 0 aromatic heterocycles. The first kappa shape index (κ1) is 23.3. The van der Waals surface area contributed by atoms with Crippen molar-refractivity contribution in [2.45, 2.75) is 52.9 Å². The van der Waals surface area contributed by atoms with Gasteiger partial charge in [-0.2, -0.15) is 0 Å². The molecule has 0 saturated carbocycles. The summed E-state index contributed by atoms with van der Waals surface area (Å²) >= 11 is 0. The van der Waals surface area contributed by atoms with Crippen molar-refractivity contribution >= 4 is 17.8 Å². The molecular formula is C25H31NO4. The van der Waals surface area contributed by atoms with Gasteiger partial charge in [0.15, 0.2) is 5.78 Å². The lowest BCUT2D eigenvalue weighted by molar-refractivity contribution is 0.0548. The topological polar surface area (TPSA) is 63.7 Å². The zero-order valence-corrected chi connectivity index (χ0v) is 18.1. The predicted molar refractivity (Wildman–Crippen MR) is 118 cm³/mol. The summed E-state index contributed by atoms with van der Waals surface area (Å²) in [4.78, 5) is 39.7. The van der Waals surface area contributed by atoms with Crippen LogP contribution in [0, 0.1) is 0 Å². The molecule has 5 nitrogen and oxygen atoms in total. The van der Waals surface area contributed by atoms with E-state index in [9.17, 15) is 14.4 Å². The molecular weight excluding hydrogens is 378 g/mol. The van der Waals surface area contributed by atoms with Crippen LogP contribution in [-0.4, -0.2) is 35.8 Å². The smallest absolute Gasteiger partial charge is 0.372 e. The van der Waals surface area contributed by atoms with Gasteiger partial charge in [0.25, 0.3) is 0 Å². The summed E-state index contributed by atoms with van der Waals surface area (Å²) < 4.78 is 5.13. The van der Waals surface area contributed by atoms with Crippen LogP contribution in [-0.2, 0) is 11.2 Å². The minimum atomic E-state index is -0.708. The van der Waals surface area contributed by atoms with Gasteiger partial charge in [-0.25, -0.2) is 9.59 Å². The number of rotatable bonds is 10. The van der Waals surface area contributed by atoms with Crippen molar-refractivity contribution in [1.29, 1.82) is 0 Å². The maximum Gasteiger partial charge on any atom is 0.417 e. The molecule has 0 radical (unpaired) electrons. The number of hydrogen-bond donors (Lipinski definition) is 0. The molecule has 160 valence electrons. The number of ketones is 1. The second-order valence-electron chi connectivity index (χ2n) is 7.17. The van der Waals surface area contributed by atoms with Gasteiger partial charge in [-0.05, 0) is 38.3 Å². The summed E-state index contributed by atoms with van der Waals surface area (Å²) in [5.74, 6) is -0.842. The highest BCUT2D eigenvalue weighted by molar-refractivity contribution is 6.11. The molecule has 0 unspecified atom stereocenters. The fraction of sp³-hybridized carbons (Fsp3) is 0.400. The van der Waals surface area contributed by atoms with Crippen molar-refractivity contribution in [3.8, 4) is 0 Å². The van der Waals surface area contributed by atoms with Crippen LogP contribution in [0.2, 0.25) is 0 Å². The average molecular weight is 410 g/mol. The number of ether oxygens (including phenoxy) is 1. The standard InChI is InChI=1S/C25H31NO4/c1-4-7-8-12-16-20-21(23(27)19-14-10-9-11-15-19)17-13-18-22(20)24(28)30-25(29)26(5-2)6-3/h9-11,13-15,17-18H,4-8,12,16H2,1-3H3. The molecule has 2 rings (SSSR count). The Morgan fingerprint density at radius 1 is 0.800 bits per heavy atom. The number of carbonyl (C=O) groups excluding carboxylic acids is 3. The molecule has 0 aliphatic heterocycles.